The molecule has 0 saturated heterocycles. The number of carboxylic acids is 2. The van der Waals surface area contributed by atoms with Crippen LogP contribution >= 0.6 is 0 Å². The lowest BCUT2D eigenvalue weighted by Gasteiger charge is -2.03. The normalized spacial score (nSPS) is 9.00. The molecule has 0 aliphatic heterocycles. The van der Waals surface area contributed by atoms with E-state index in [2.05, 4.69) is 0 Å². The van der Waals surface area contributed by atoms with E-state index in [1.807, 2.05) is 5.92 Å². The monoisotopic (exact) mass is 222 g/mol. The Labute approximate surface area is 89.4 Å². The highest BCUT2D eigenvalue weighted by molar-refractivity contribution is 5.94. The van der Waals surface area contributed by atoms with E-state index in [0.717, 1.165) is 12.1 Å². The summed E-state index contributed by atoms with van der Waals surface area (Å²) >= 11 is 0. The Morgan fingerprint density at radius 1 is 1.12 bits per heavy atom. The predicted octanol–water partition coefficient (Wildman–Crippen LogP) is 0.232. The van der Waals surface area contributed by atoms with Crippen LogP contribution in [0.25, 0.3) is 0 Å². The van der Waals surface area contributed by atoms with Gasteiger partial charge in [-0.15, -0.1) is 0 Å². The Bertz CT molecular complexity index is 520. The maximum Gasteiger partial charge on any atom is 0.382 e. The molecule has 82 valence electrons. The first kappa shape index (κ1) is 11.4. The van der Waals surface area contributed by atoms with Gasteiger partial charge in [0, 0.05) is 5.92 Å². The molecule has 6 nitrogen and oxygen atoms in total. The van der Waals surface area contributed by atoms with E-state index >= 15 is 0 Å². The summed E-state index contributed by atoms with van der Waals surface area (Å²) in [4.78, 5) is 20.9. The average Bonchev–Trinajstić information content (AvgIpc) is 2.19. The van der Waals surface area contributed by atoms with Crippen LogP contribution in [0.2, 0.25) is 0 Å². The first-order valence-corrected chi connectivity index (χ1v) is 3.96. The molecule has 0 radical (unpaired) electrons. The first-order chi connectivity index (χ1) is 7.43. The topological polar surface area (TPSA) is 115 Å². The zero-order chi connectivity index (χ0) is 12.3. The largest absolute Gasteiger partial charge is 0.504 e. The second-order valence-corrected chi connectivity index (χ2v) is 2.72. The molecule has 0 saturated carbocycles. The Kier molecular flexibility index (Phi) is 3.01. The van der Waals surface area contributed by atoms with Crippen molar-refractivity contribution in [2.45, 2.75) is 0 Å². The Balaban J connectivity index is 3.45. The molecule has 0 atom stereocenters. The van der Waals surface area contributed by atoms with Crippen molar-refractivity contribution in [3.63, 3.8) is 0 Å². The summed E-state index contributed by atoms with van der Waals surface area (Å²) in [7, 11) is 0. The van der Waals surface area contributed by atoms with Crippen molar-refractivity contribution in [1.82, 2.24) is 0 Å². The standard InChI is InChI=1S/C10H6O6/c11-7-3-1-6(10(15)16)5(9(7)14)2-4-8(12)13/h1,3,11,14H,(H,12,13)(H,15,16). The molecule has 0 heterocycles. The number of benzene rings is 1. The maximum absolute atomic E-state index is 10.7. The number of carbonyl (C=O) groups is 2. The number of aliphatic carboxylic acids is 1. The average molecular weight is 222 g/mol. The number of hydrogen-bond donors (Lipinski definition) is 4. The van der Waals surface area contributed by atoms with Crippen LogP contribution in [0.4, 0.5) is 0 Å². The molecule has 1 aromatic rings. The van der Waals surface area contributed by atoms with Crippen molar-refractivity contribution in [2.75, 3.05) is 0 Å². The first-order valence-electron chi connectivity index (χ1n) is 3.96. The zero-order valence-corrected chi connectivity index (χ0v) is 7.76. The van der Waals surface area contributed by atoms with Crippen LogP contribution < -0.4 is 0 Å². The Morgan fingerprint density at radius 2 is 1.75 bits per heavy atom. The molecule has 0 fully saturated rings. The molecule has 4 N–H and O–H groups in total. The molecule has 0 spiro atoms. The van der Waals surface area contributed by atoms with Crippen molar-refractivity contribution in [3.05, 3.63) is 23.3 Å². The molecular formula is C10H6O6. The van der Waals surface area contributed by atoms with Gasteiger partial charge in [-0.2, -0.15) is 0 Å². The van der Waals surface area contributed by atoms with Crippen LogP contribution in [-0.4, -0.2) is 32.4 Å². The van der Waals surface area contributed by atoms with E-state index in [-0.39, 0.29) is 5.56 Å². The summed E-state index contributed by atoms with van der Waals surface area (Å²) in [5.74, 6) is -0.563. The molecule has 16 heavy (non-hydrogen) atoms. The molecule has 0 amide bonds. The highest BCUT2D eigenvalue weighted by Crippen LogP contribution is 2.30. The smallest absolute Gasteiger partial charge is 0.382 e. The number of aromatic carboxylic acids is 1. The van der Waals surface area contributed by atoms with Crippen LogP contribution in [-0.2, 0) is 4.79 Å². The fraction of sp³-hybridized carbons (Fsp3) is 0. The van der Waals surface area contributed by atoms with E-state index < -0.39 is 29.0 Å². The summed E-state index contributed by atoms with van der Waals surface area (Å²) < 4.78 is 0. The fourth-order valence-electron chi connectivity index (χ4n) is 1.00. The minimum Gasteiger partial charge on any atom is -0.504 e. The molecule has 0 unspecified atom stereocenters. The summed E-state index contributed by atoms with van der Waals surface area (Å²) in [6, 6.07) is 1.99. The molecule has 1 aromatic carbocycles. The van der Waals surface area contributed by atoms with Gasteiger partial charge in [-0.25, -0.2) is 9.59 Å². The van der Waals surface area contributed by atoms with E-state index in [4.69, 9.17) is 15.3 Å². The van der Waals surface area contributed by atoms with Crippen LogP contribution in [0.3, 0.4) is 0 Å². The van der Waals surface area contributed by atoms with Gasteiger partial charge in [-0.1, -0.05) is 0 Å². The van der Waals surface area contributed by atoms with Gasteiger partial charge in [0.25, 0.3) is 0 Å². The van der Waals surface area contributed by atoms with Crippen molar-refractivity contribution >= 4 is 11.9 Å². The van der Waals surface area contributed by atoms with Gasteiger partial charge < -0.3 is 20.4 Å². The highest BCUT2D eigenvalue weighted by atomic mass is 16.4. The molecule has 0 bridgehead atoms. The third kappa shape index (κ3) is 2.22. The number of hydrogen-bond acceptors (Lipinski definition) is 4. The number of aromatic hydroxyl groups is 2. The molecule has 0 aromatic heterocycles. The van der Waals surface area contributed by atoms with Crippen molar-refractivity contribution < 1.29 is 30.0 Å². The molecule has 1 rings (SSSR count). The Morgan fingerprint density at radius 3 is 2.25 bits per heavy atom. The molecular weight excluding hydrogens is 216 g/mol. The Hall–Kier alpha value is -2.68. The minimum absolute atomic E-state index is 0.385. The number of rotatable bonds is 1. The van der Waals surface area contributed by atoms with Gasteiger partial charge in [-0.3, -0.25) is 0 Å². The van der Waals surface area contributed by atoms with Gasteiger partial charge in [0.2, 0.25) is 0 Å². The van der Waals surface area contributed by atoms with E-state index in [1.54, 1.807) is 5.92 Å². The number of phenols is 2. The van der Waals surface area contributed by atoms with Gasteiger partial charge in [0.15, 0.2) is 11.5 Å². The van der Waals surface area contributed by atoms with E-state index in [9.17, 15) is 14.7 Å². The lowest BCUT2D eigenvalue weighted by molar-refractivity contribution is -0.130. The summed E-state index contributed by atoms with van der Waals surface area (Å²) in [6.45, 7) is 0. The third-order valence-electron chi connectivity index (χ3n) is 1.68. The lowest BCUT2D eigenvalue weighted by atomic mass is 10.1. The summed E-state index contributed by atoms with van der Waals surface area (Å²) in [6.07, 6.45) is 0. The maximum atomic E-state index is 10.7. The zero-order valence-electron chi connectivity index (χ0n) is 7.76. The third-order valence-corrected chi connectivity index (χ3v) is 1.68. The summed E-state index contributed by atoms with van der Waals surface area (Å²) in [5.41, 5.74) is -0.820. The number of carboxylic acid groups (broad SMARTS) is 2. The van der Waals surface area contributed by atoms with Crippen molar-refractivity contribution in [3.8, 4) is 23.3 Å². The van der Waals surface area contributed by atoms with E-state index in [0.29, 0.717) is 0 Å². The fourth-order valence-corrected chi connectivity index (χ4v) is 1.00. The SMILES string of the molecule is O=C(O)C#Cc1c(C(=O)O)ccc(O)c1O. The van der Waals surface area contributed by atoms with Crippen molar-refractivity contribution in [2.24, 2.45) is 0 Å². The lowest BCUT2D eigenvalue weighted by Crippen LogP contribution is -2.00. The van der Waals surface area contributed by atoms with Crippen LogP contribution in [0.1, 0.15) is 15.9 Å². The molecule has 0 aliphatic rings. The predicted molar refractivity (Wildman–Crippen MR) is 51.2 cm³/mol. The van der Waals surface area contributed by atoms with Crippen LogP contribution in [0.5, 0.6) is 11.5 Å². The van der Waals surface area contributed by atoms with Crippen LogP contribution in [0.15, 0.2) is 12.1 Å². The second kappa shape index (κ2) is 4.23. The molecule has 0 aliphatic carbocycles. The van der Waals surface area contributed by atoms with Crippen LogP contribution in [0, 0.1) is 11.8 Å². The van der Waals surface area contributed by atoms with E-state index in [1.165, 1.54) is 0 Å². The van der Waals surface area contributed by atoms with Gasteiger partial charge in [0.05, 0.1) is 11.1 Å². The highest BCUT2D eigenvalue weighted by Gasteiger charge is 2.15. The van der Waals surface area contributed by atoms with Gasteiger partial charge >= 0.3 is 11.9 Å². The second-order valence-electron chi connectivity index (χ2n) is 2.72. The van der Waals surface area contributed by atoms with Gasteiger partial charge in [0.1, 0.15) is 0 Å². The van der Waals surface area contributed by atoms with Gasteiger partial charge in [-0.05, 0) is 18.1 Å². The summed E-state index contributed by atoms with van der Waals surface area (Å²) in [5, 5.41) is 35.5. The number of phenolic OH excluding ortho intramolecular Hbond substituents is 2. The quantitative estimate of drug-likeness (QED) is 0.399. The minimum atomic E-state index is -1.47. The van der Waals surface area contributed by atoms with Crippen molar-refractivity contribution in [1.29, 1.82) is 0 Å². The molecule has 6 heteroatoms.